The van der Waals surface area contributed by atoms with Gasteiger partial charge in [0.05, 0.1) is 7.11 Å². The van der Waals surface area contributed by atoms with Gasteiger partial charge in [-0.3, -0.25) is 4.79 Å². The van der Waals surface area contributed by atoms with Crippen molar-refractivity contribution >= 4 is 24.1 Å². The molecule has 0 aliphatic heterocycles. The van der Waals surface area contributed by atoms with Gasteiger partial charge in [0.1, 0.15) is 23.3 Å². The smallest absolute Gasteiger partial charge is 0.408 e. The van der Waals surface area contributed by atoms with E-state index in [9.17, 15) is 19.2 Å². The van der Waals surface area contributed by atoms with Gasteiger partial charge in [-0.1, -0.05) is 13.0 Å². The maximum absolute atomic E-state index is 12.9. The van der Waals surface area contributed by atoms with E-state index in [1.54, 1.807) is 48.5 Å². The van der Waals surface area contributed by atoms with E-state index in [1.165, 1.54) is 13.2 Å². The van der Waals surface area contributed by atoms with Gasteiger partial charge in [0, 0.05) is 12.5 Å². The summed E-state index contributed by atoms with van der Waals surface area (Å²) in [6.45, 7) is 16.2. The van der Waals surface area contributed by atoms with Gasteiger partial charge in [0.25, 0.3) is 0 Å². The van der Waals surface area contributed by atoms with Crippen molar-refractivity contribution in [3.63, 3.8) is 0 Å². The van der Waals surface area contributed by atoms with Crippen molar-refractivity contribution in [2.24, 2.45) is 5.92 Å². The number of ether oxygens (including phenoxy) is 3. The SMILES string of the molecule is C=C[C@H](C)[C@H](NC(=O)[C@H](CCCCNC(=O)OC(C)(C)C)NC(=O)OC(C)(C)C)C(=O)OC. The highest BCUT2D eigenvalue weighted by atomic mass is 16.6. The fraction of sp³-hybridized carbons (Fsp3) is 0.739. The van der Waals surface area contributed by atoms with Gasteiger partial charge in [-0.05, 0) is 60.8 Å². The summed E-state index contributed by atoms with van der Waals surface area (Å²) >= 11 is 0. The van der Waals surface area contributed by atoms with Crippen LogP contribution in [0, 0.1) is 5.92 Å². The molecule has 0 saturated heterocycles. The Labute approximate surface area is 197 Å². The van der Waals surface area contributed by atoms with Gasteiger partial charge in [0.2, 0.25) is 5.91 Å². The Morgan fingerprint density at radius 1 is 0.909 bits per heavy atom. The fourth-order valence-corrected chi connectivity index (χ4v) is 2.62. The molecule has 10 nitrogen and oxygen atoms in total. The first kappa shape index (κ1) is 30.2. The van der Waals surface area contributed by atoms with Crippen LogP contribution in [0.15, 0.2) is 12.7 Å². The van der Waals surface area contributed by atoms with Gasteiger partial charge in [-0.2, -0.15) is 0 Å². The van der Waals surface area contributed by atoms with Crippen LogP contribution in [0.4, 0.5) is 9.59 Å². The molecule has 0 saturated carbocycles. The molecular weight excluding hydrogens is 430 g/mol. The minimum atomic E-state index is -0.953. The molecule has 0 bridgehead atoms. The third-order valence-electron chi connectivity index (χ3n) is 4.25. The average Bonchev–Trinajstić information content (AvgIpc) is 2.66. The molecule has 0 spiro atoms. The number of hydrogen-bond donors (Lipinski definition) is 3. The number of unbranched alkanes of at least 4 members (excludes halogenated alkanes) is 1. The van der Waals surface area contributed by atoms with Crippen LogP contribution in [0.5, 0.6) is 0 Å². The average molecular weight is 472 g/mol. The van der Waals surface area contributed by atoms with Crippen molar-refractivity contribution in [1.82, 2.24) is 16.0 Å². The number of rotatable bonds is 11. The van der Waals surface area contributed by atoms with Gasteiger partial charge < -0.3 is 30.2 Å². The summed E-state index contributed by atoms with van der Waals surface area (Å²) in [5.74, 6) is -1.56. The predicted octanol–water partition coefficient (Wildman–Crippen LogP) is 3.05. The predicted molar refractivity (Wildman–Crippen MR) is 125 cm³/mol. The number of hydrogen-bond acceptors (Lipinski definition) is 7. The van der Waals surface area contributed by atoms with Crippen molar-refractivity contribution in [1.29, 1.82) is 0 Å². The fourth-order valence-electron chi connectivity index (χ4n) is 2.62. The molecule has 0 radical (unpaired) electrons. The van der Waals surface area contributed by atoms with Crippen molar-refractivity contribution < 1.29 is 33.4 Å². The van der Waals surface area contributed by atoms with Crippen molar-refractivity contribution in [2.45, 2.75) is 91.0 Å². The number of methoxy groups -OCH3 is 1. The summed E-state index contributed by atoms with van der Waals surface area (Å²) in [5, 5.41) is 7.83. The first-order valence-electron chi connectivity index (χ1n) is 11.1. The van der Waals surface area contributed by atoms with Crippen LogP contribution in [0.1, 0.15) is 67.7 Å². The summed E-state index contributed by atoms with van der Waals surface area (Å²) in [6, 6.07) is -1.90. The van der Waals surface area contributed by atoms with E-state index >= 15 is 0 Å². The second-order valence-corrected chi connectivity index (χ2v) is 9.73. The Bertz CT molecular complexity index is 681. The minimum absolute atomic E-state index is 0.261. The van der Waals surface area contributed by atoms with E-state index in [0.717, 1.165) is 0 Å². The number of nitrogens with one attached hydrogen (secondary N) is 3. The van der Waals surface area contributed by atoms with Gasteiger partial charge in [0.15, 0.2) is 0 Å². The van der Waals surface area contributed by atoms with Crippen LogP contribution in [-0.2, 0) is 23.8 Å². The van der Waals surface area contributed by atoms with E-state index in [4.69, 9.17) is 14.2 Å². The summed E-state index contributed by atoms with van der Waals surface area (Å²) in [6.07, 6.45) is 1.56. The molecule has 190 valence electrons. The van der Waals surface area contributed by atoms with Gasteiger partial charge in [-0.15, -0.1) is 6.58 Å². The Balaban J connectivity index is 5.08. The van der Waals surface area contributed by atoms with Crippen LogP contribution >= 0.6 is 0 Å². The standard InChI is InChI=1S/C23H41N3O7/c1-10-15(2)17(19(28)31-9)26-18(27)16(25-21(30)33-23(6,7)8)13-11-12-14-24-20(29)32-22(3,4)5/h10,15-17H,1,11-14H2,2-9H3,(H,24,29)(H,25,30)(H,26,27)/t15-,16-,17-/m0/s1. The largest absolute Gasteiger partial charge is 0.467 e. The zero-order valence-electron chi connectivity index (χ0n) is 21.2. The molecule has 0 rings (SSSR count). The summed E-state index contributed by atoms with van der Waals surface area (Å²) in [5.41, 5.74) is -1.34. The Kier molecular flexibility index (Phi) is 12.5. The van der Waals surface area contributed by atoms with Gasteiger partial charge in [-0.25, -0.2) is 14.4 Å². The highest BCUT2D eigenvalue weighted by molar-refractivity contribution is 5.89. The highest BCUT2D eigenvalue weighted by Crippen LogP contribution is 2.11. The molecule has 33 heavy (non-hydrogen) atoms. The topological polar surface area (TPSA) is 132 Å². The molecule has 3 N–H and O–H groups in total. The molecule has 10 heteroatoms. The molecule has 0 aliphatic rings. The summed E-state index contributed by atoms with van der Waals surface area (Å²) in [7, 11) is 1.23. The second kappa shape index (κ2) is 13.7. The maximum Gasteiger partial charge on any atom is 0.408 e. The molecule has 0 aliphatic carbocycles. The van der Waals surface area contributed by atoms with E-state index in [0.29, 0.717) is 19.4 Å². The Hall–Kier alpha value is -2.78. The highest BCUT2D eigenvalue weighted by Gasteiger charge is 2.30. The molecule has 0 fully saturated rings. The molecule has 0 heterocycles. The number of alkyl carbamates (subject to hydrolysis) is 2. The third kappa shape index (κ3) is 14.1. The Morgan fingerprint density at radius 2 is 1.45 bits per heavy atom. The monoisotopic (exact) mass is 471 g/mol. The van der Waals surface area contributed by atoms with Gasteiger partial charge >= 0.3 is 18.2 Å². The van der Waals surface area contributed by atoms with E-state index in [-0.39, 0.29) is 12.3 Å². The van der Waals surface area contributed by atoms with Crippen molar-refractivity contribution in [3.05, 3.63) is 12.7 Å². The molecule has 3 atom stereocenters. The van der Waals surface area contributed by atoms with Crippen LogP contribution in [-0.4, -0.2) is 61.0 Å². The zero-order chi connectivity index (χ0) is 25.8. The lowest BCUT2D eigenvalue weighted by molar-refractivity contribution is -0.146. The van der Waals surface area contributed by atoms with Crippen molar-refractivity contribution in [2.75, 3.05) is 13.7 Å². The molecule has 0 unspecified atom stereocenters. The normalized spacial score (nSPS) is 14.2. The van der Waals surface area contributed by atoms with Crippen LogP contribution in [0.3, 0.4) is 0 Å². The van der Waals surface area contributed by atoms with Crippen LogP contribution < -0.4 is 16.0 Å². The number of amides is 3. The number of carbonyl (C=O) groups is 4. The van der Waals surface area contributed by atoms with E-state index in [2.05, 4.69) is 22.5 Å². The zero-order valence-corrected chi connectivity index (χ0v) is 21.2. The second-order valence-electron chi connectivity index (χ2n) is 9.73. The molecule has 0 aromatic heterocycles. The number of esters is 1. The Morgan fingerprint density at radius 3 is 1.94 bits per heavy atom. The third-order valence-corrected chi connectivity index (χ3v) is 4.25. The summed E-state index contributed by atoms with van der Waals surface area (Å²) < 4.78 is 15.2. The van der Waals surface area contributed by atoms with Crippen LogP contribution in [0.25, 0.3) is 0 Å². The molecule has 3 amide bonds. The first-order chi connectivity index (χ1) is 15.1. The number of carbonyl (C=O) groups excluding carboxylic acids is 4. The maximum atomic E-state index is 12.9. The molecule has 0 aromatic carbocycles. The lowest BCUT2D eigenvalue weighted by Crippen LogP contribution is -2.54. The quantitative estimate of drug-likeness (QED) is 0.183. The molecule has 0 aromatic rings. The lowest BCUT2D eigenvalue weighted by Gasteiger charge is -2.26. The molecular formula is C23H41N3O7. The van der Waals surface area contributed by atoms with Crippen molar-refractivity contribution in [3.8, 4) is 0 Å². The first-order valence-corrected chi connectivity index (χ1v) is 11.1. The van der Waals surface area contributed by atoms with Crippen LogP contribution in [0.2, 0.25) is 0 Å². The van der Waals surface area contributed by atoms with E-state index < -0.39 is 47.3 Å². The van der Waals surface area contributed by atoms with E-state index in [1.807, 2.05) is 0 Å². The minimum Gasteiger partial charge on any atom is -0.467 e. The summed E-state index contributed by atoms with van der Waals surface area (Å²) in [4.78, 5) is 49.0. The lowest BCUT2D eigenvalue weighted by atomic mass is 10.0.